The van der Waals surface area contributed by atoms with Crippen molar-refractivity contribution in [3.63, 3.8) is 0 Å². The molecular weight excluding hydrogens is 408 g/mol. The number of carbonyl (C=O) groups excluding carboxylic acids is 1. The number of terminal acetylenes is 1. The van der Waals surface area contributed by atoms with Crippen molar-refractivity contribution in [2.24, 2.45) is 0 Å². The number of rotatable bonds is 10. The monoisotopic (exact) mass is 430 g/mol. The van der Waals surface area contributed by atoms with Gasteiger partial charge in [-0.15, -0.1) is 6.42 Å². The fourth-order valence-electron chi connectivity index (χ4n) is 2.45. The molecule has 142 valence electrons. The predicted octanol–water partition coefficient (Wildman–Crippen LogP) is 4.54. The number of ether oxygens (including phenoxy) is 3. The summed E-state index contributed by atoms with van der Waals surface area (Å²) in [7, 11) is 1.37. The van der Waals surface area contributed by atoms with E-state index < -0.39 is 0 Å². The van der Waals surface area contributed by atoms with Crippen LogP contribution in [-0.2, 0) is 27.3 Å². The molecule has 0 fully saturated rings. The van der Waals surface area contributed by atoms with Crippen LogP contribution in [-0.4, -0.2) is 25.8 Å². The molecule has 2 rings (SSSR count). The summed E-state index contributed by atoms with van der Waals surface area (Å²) in [5, 5.41) is 0. The van der Waals surface area contributed by atoms with Gasteiger partial charge in [-0.25, -0.2) is 0 Å². The van der Waals surface area contributed by atoms with Gasteiger partial charge in [-0.1, -0.05) is 42.3 Å². The van der Waals surface area contributed by atoms with Crippen molar-refractivity contribution >= 4 is 21.9 Å². The van der Waals surface area contributed by atoms with Gasteiger partial charge in [0.2, 0.25) is 0 Å². The molecule has 1 unspecified atom stereocenters. The van der Waals surface area contributed by atoms with Gasteiger partial charge >= 0.3 is 5.97 Å². The summed E-state index contributed by atoms with van der Waals surface area (Å²) >= 11 is 3.46. The average Bonchev–Trinajstić information content (AvgIpc) is 2.69. The SMILES string of the molecule is C#CC(CCCOCc1ccccc1)Oc1cc(CC(=O)OC)ccc1Br. The lowest BCUT2D eigenvalue weighted by Crippen LogP contribution is -2.15. The molecule has 0 heterocycles. The van der Waals surface area contributed by atoms with Crippen molar-refractivity contribution in [2.45, 2.75) is 32.0 Å². The van der Waals surface area contributed by atoms with E-state index in [-0.39, 0.29) is 18.5 Å². The fourth-order valence-corrected chi connectivity index (χ4v) is 2.79. The Morgan fingerprint density at radius 2 is 1.96 bits per heavy atom. The van der Waals surface area contributed by atoms with Crippen molar-refractivity contribution in [3.8, 4) is 18.1 Å². The largest absolute Gasteiger partial charge is 0.477 e. The Bertz CT molecular complexity index is 768. The van der Waals surface area contributed by atoms with Gasteiger partial charge in [0.05, 0.1) is 24.6 Å². The molecule has 0 N–H and O–H groups in total. The van der Waals surface area contributed by atoms with Crippen LogP contribution in [0.25, 0.3) is 0 Å². The van der Waals surface area contributed by atoms with Crippen LogP contribution in [0.15, 0.2) is 53.0 Å². The molecule has 0 radical (unpaired) electrons. The molecule has 1 atom stereocenters. The molecule has 0 aliphatic rings. The summed E-state index contributed by atoms with van der Waals surface area (Å²) < 4.78 is 17.1. The standard InChI is InChI=1S/C22H23BrO4/c1-3-19(10-7-13-26-16-17-8-5-4-6-9-17)27-21-14-18(11-12-20(21)23)15-22(24)25-2/h1,4-6,8-9,11-12,14,19H,7,10,13,15-16H2,2H3. The highest BCUT2D eigenvalue weighted by Crippen LogP contribution is 2.28. The zero-order valence-electron chi connectivity index (χ0n) is 15.3. The molecule has 0 aliphatic carbocycles. The van der Waals surface area contributed by atoms with Gasteiger partial charge in [0, 0.05) is 6.61 Å². The minimum absolute atomic E-state index is 0.189. The minimum atomic E-state index is -0.366. The van der Waals surface area contributed by atoms with Gasteiger partial charge in [-0.3, -0.25) is 4.79 Å². The summed E-state index contributed by atoms with van der Waals surface area (Å²) in [6.45, 7) is 1.20. The summed E-state index contributed by atoms with van der Waals surface area (Å²) in [5.74, 6) is 2.98. The van der Waals surface area contributed by atoms with E-state index >= 15 is 0 Å². The van der Waals surface area contributed by atoms with Crippen LogP contribution in [0.3, 0.4) is 0 Å². The van der Waals surface area contributed by atoms with E-state index in [0.29, 0.717) is 25.4 Å². The van der Waals surface area contributed by atoms with Gasteiger partial charge in [0.25, 0.3) is 0 Å². The average molecular weight is 431 g/mol. The minimum Gasteiger partial charge on any atom is -0.477 e. The second-order valence-corrected chi connectivity index (χ2v) is 6.83. The second kappa shape index (κ2) is 11.4. The fraction of sp³-hybridized carbons (Fsp3) is 0.318. The molecule has 0 aromatic heterocycles. The van der Waals surface area contributed by atoms with Crippen LogP contribution in [0.4, 0.5) is 0 Å². The Morgan fingerprint density at radius 1 is 1.19 bits per heavy atom. The van der Waals surface area contributed by atoms with Crippen molar-refractivity contribution < 1.29 is 19.0 Å². The van der Waals surface area contributed by atoms with Crippen LogP contribution in [0.5, 0.6) is 5.75 Å². The quantitative estimate of drug-likeness (QED) is 0.315. The van der Waals surface area contributed by atoms with E-state index in [9.17, 15) is 4.79 Å². The molecule has 2 aromatic carbocycles. The predicted molar refractivity (Wildman–Crippen MR) is 108 cm³/mol. The van der Waals surface area contributed by atoms with Crippen molar-refractivity contribution in [2.75, 3.05) is 13.7 Å². The van der Waals surface area contributed by atoms with Crippen molar-refractivity contribution in [1.82, 2.24) is 0 Å². The molecule has 4 nitrogen and oxygen atoms in total. The van der Waals surface area contributed by atoms with Crippen LogP contribution in [0, 0.1) is 12.3 Å². The van der Waals surface area contributed by atoms with Gasteiger partial charge in [-0.2, -0.15) is 0 Å². The molecule has 0 bridgehead atoms. The van der Waals surface area contributed by atoms with Crippen LogP contribution in [0.1, 0.15) is 24.0 Å². The van der Waals surface area contributed by atoms with E-state index in [2.05, 4.69) is 21.9 Å². The summed E-state index contributed by atoms with van der Waals surface area (Å²) in [6.07, 6.45) is 6.91. The summed E-state index contributed by atoms with van der Waals surface area (Å²) in [6, 6.07) is 15.5. The molecule has 0 saturated carbocycles. The maximum atomic E-state index is 11.4. The third kappa shape index (κ3) is 7.46. The first-order chi connectivity index (χ1) is 13.1. The molecule has 2 aromatic rings. The number of esters is 1. The lowest BCUT2D eigenvalue weighted by Gasteiger charge is -2.16. The number of benzene rings is 2. The Morgan fingerprint density at radius 3 is 2.67 bits per heavy atom. The Labute approximate surface area is 169 Å². The third-order valence-electron chi connectivity index (χ3n) is 3.89. The number of halogens is 1. The zero-order chi connectivity index (χ0) is 19.5. The van der Waals surface area contributed by atoms with Gasteiger partial charge in [-0.05, 0) is 52.0 Å². The van der Waals surface area contributed by atoms with E-state index in [1.165, 1.54) is 7.11 Å². The molecule has 0 spiro atoms. The van der Waals surface area contributed by atoms with E-state index in [1.54, 1.807) is 6.07 Å². The topological polar surface area (TPSA) is 44.8 Å². The molecule has 27 heavy (non-hydrogen) atoms. The highest BCUT2D eigenvalue weighted by Gasteiger charge is 2.12. The molecule has 0 amide bonds. The van der Waals surface area contributed by atoms with Crippen LogP contribution < -0.4 is 4.74 Å². The number of methoxy groups -OCH3 is 1. The van der Waals surface area contributed by atoms with Gasteiger partial charge < -0.3 is 14.2 Å². The Hall–Kier alpha value is -2.29. The number of hydrogen-bond acceptors (Lipinski definition) is 4. The van der Waals surface area contributed by atoms with Crippen molar-refractivity contribution in [1.29, 1.82) is 0 Å². The maximum absolute atomic E-state index is 11.4. The smallest absolute Gasteiger partial charge is 0.309 e. The summed E-state index contributed by atoms with van der Waals surface area (Å²) in [4.78, 5) is 11.4. The van der Waals surface area contributed by atoms with Crippen LogP contribution in [0.2, 0.25) is 0 Å². The Kier molecular flexibility index (Phi) is 8.90. The Balaban J connectivity index is 1.81. The lowest BCUT2D eigenvalue weighted by atomic mass is 10.1. The highest BCUT2D eigenvalue weighted by atomic mass is 79.9. The van der Waals surface area contributed by atoms with Gasteiger partial charge in [0.15, 0.2) is 6.10 Å². The van der Waals surface area contributed by atoms with Gasteiger partial charge in [0.1, 0.15) is 5.75 Å². The zero-order valence-corrected chi connectivity index (χ0v) is 16.9. The first kappa shape index (κ1) is 21.0. The van der Waals surface area contributed by atoms with Crippen LogP contribution >= 0.6 is 15.9 Å². The first-order valence-electron chi connectivity index (χ1n) is 8.72. The normalized spacial score (nSPS) is 11.4. The third-order valence-corrected chi connectivity index (χ3v) is 4.55. The molecule has 0 aliphatic heterocycles. The van der Waals surface area contributed by atoms with E-state index in [4.69, 9.17) is 20.6 Å². The molecule has 5 heteroatoms. The first-order valence-corrected chi connectivity index (χ1v) is 9.51. The molecule has 0 saturated heterocycles. The maximum Gasteiger partial charge on any atom is 0.309 e. The van der Waals surface area contributed by atoms with Crippen molar-refractivity contribution in [3.05, 3.63) is 64.1 Å². The lowest BCUT2D eigenvalue weighted by molar-refractivity contribution is -0.139. The second-order valence-electron chi connectivity index (χ2n) is 5.97. The van der Waals surface area contributed by atoms with E-state index in [1.807, 2.05) is 42.5 Å². The number of hydrogen-bond donors (Lipinski definition) is 0. The van der Waals surface area contributed by atoms with E-state index in [0.717, 1.165) is 22.0 Å². The summed E-state index contributed by atoms with van der Waals surface area (Å²) in [5.41, 5.74) is 1.95. The number of carbonyl (C=O) groups is 1. The highest BCUT2D eigenvalue weighted by molar-refractivity contribution is 9.10. The molecular formula is C22H23BrO4.